The highest BCUT2D eigenvalue weighted by atomic mass is 16.7. The number of hydrogen-bond donors (Lipinski definition) is 1. The Morgan fingerprint density at radius 3 is 2.60 bits per heavy atom. The van der Waals surface area contributed by atoms with Crippen molar-refractivity contribution in [3.8, 4) is 0 Å². The van der Waals surface area contributed by atoms with Crippen LogP contribution in [0, 0.1) is 0 Å². The molecular formula is C14H19NO5. The molecule has 6 nitrogen and oxygen atoms in total. The Labute approximate surface area is 118 Å². The van der Waals surface area contributed by atoms with Gasteiger partial charge in [-0.2, -0.15) is 0 Å². The van der Waals surface area contributed by atoms with Gasteiger partial charge in [-0.1, -0.05) is 12.1 Å². The number of rotatable bonds is 7. The normalized spacial score (nSPS) is 15.4. The van der Waals surface area contributed by atoms with Crippen LogP contribution in [0.1, 0.15) is 11.9 Å². The molecular weight excluding hydrogens is 262 g/mol. The number of carbonyl (C=O) groups is 1. The van der Waals surface area contributed by atoms with Crippen LogP contribution in [0.2, 0.25) is 0 Å². The minimum atomic E-state index is -0.294. The summed E-state index contributed by atoms with van der Waals surface area (Å²) >= 11 is 0. The number of ether oxygens (including phenoxy) is 4. The van der Waals surface area contributed by atoms with E-state index in [4.69, 9.17) is 18.9 Å². The van der Waals surface area contributed by atoms with Crippen molar-refractivity contribution in [2.75, 3.05) is 45.5 Å². The molecule has 0 atom stereocenters. The number of anilines is 1. The van der Waals surface area contributed by atoms with Crippen LogP contribution in [0.25, 0.3) is 0 Å². The van der Waals surface area contributed by atoms with E-state index in [-0.39, 0.29) is 18.8 Å². The first-order chi connectivity index (χ1) is 9.79. The third kappa shape index (κ3) is 4.57. The van der Waals surface area contributed by atoms with Gasteiger partial charge in [0.15, 0.2) is 6.29 Å². The molecule has 0 unspecified atom stereocenters. The van der Waals surface area contributed by atoms with Gasteiger partial charge in [-0.3, -0.25) is 4.79 Å². The molecule has 1 amide bonds. The van der Waals surface area contributed by atoms with E-state index in [1.165, 1.54) is 0 Å². The van der Waals surface area contributed by atoms with Crippen LogP contribution in [0.15, 0.2) is 24.3 Å². The molecule has 110 valence electrons. The van der Waals surface area contributed by atoms with E-state index in [0.29, 0.717) is 32.1 Å². The maximum atomic E-state index is 11.6. The van der Waals surface area contributed by atoms with Crippen LogP contribution < -0.4 is 5.32 Å². The van der Waals surface area contributed by atoms with Gasteiger partial charge in [0.25, 0.3) is 0 Å². The molecule has 1 aromatic carbocycles. The average molecular weight is 281 g/mol. The Morgan fingerprint density at radius 1 is 1.25 bits per heavy atom. The first-order valence-corrected chi connectivity index (χ1v) is 6.49. The molecule has 1 aromatic rings. The molecule has 0 radical (unpaired) electrons. The molecule has 1 aliphatic rings. The van der Waals surface area contributed by atoms with Crippen molar-refractivity contribution in [3.05, 3.63) is 29.8 Å². The molecule has 20 heavy (non-hydrogen) atoms. The van der Waals surface area contributed by atoms with Gasteiger partial charge >= 0.3 is 0 Å². The largest absolute Gasteiger partial charge is 0.382 e. The Balaban J connectivity index is 1.76. The smallest absolute Gasteiger partial charge is 0.250 e. The van der Waals surface area contributed by atoms with E-state index in [1.54, 1.807) is 7.11 Å². The van der Waals surface area contributed by atoms with Crippen molar-refractivity contribution in [1.82, 2.24) is 0 Å². The molecule has 0 aromatic heterocycles. The highest BCUT2D eigenvalue weighted by Crippen LogP contribution is 2.24. The molecule has 1 aliphatic heterocycles. The van der Waals surface area contributed by atoms with Gasteiger partial charge in [0.2, 0.25) is 5.91 Å². The summed E-state index contributed by atoms with van der Waals surface area (Å²) in [5.41, 5.74) is 1.66. The number of benzene rings is 1. The summed E-state index contributed by atoms with van der Waals surface area (Å²) in [6.45, 7) is 2.12. The Hall–Kier alpha value is -1.47. The van der Waals surface area contributed by atoms with E-state index in [1.807, 2.05) is 24.3 Å². The highest BCUT2D eigenvalue weighted by molar-refractivity contribution is 5.91. The molecule has 1 saturated heterocycles. The first kappa shape index (κ1) is 14.9. The van der Waals surface area contributed by atoms with Gasteiger partial charge in [0, 0.05) is 18.4 Å². The van der Waals surface area contributed by atoms with Gasteiger partial charge in [0.05, 0.1) is 26.4 Å². The Kier molecular flexibility index (Phi) is 5.94. The van der Waals surface area contributed by atoms with E-state index in [2.05, 4.69) is 5.32 Å². The summed E-state index contributed by atoms with van der Waals surface area (Å²) in [6, 6.07) is 7.37. The zero-order valence-electron chi connectivity index (χ0n) is 11.5. The molecule has 2 rings (SSSR count). The maximum Gasteiger partial charge on any atom is 0.250 e. The zero-order valence-corrected chi connectivity index (χ0v) is 11.5. The molecule has 0 saturated carbocycles. The molecule has 1 heterocycles. The van der Waals surface area contributed by atoms with Gasteiger partial charge in [0.1, 0.15) is 6.61 Å². The van der Waals surface area contributed by atoms with Gasteiger partial charge < -0.3 is 24.3 Å². The van der Waals surface area contributed by atoms with Crippen LogP contribution in [0.4, 0.5) is 5.69 Å². The van der Waals surface area contributed by atoms with E-state index >= 15 is 0 Å². The fraction of sp³-hybridized carbons (Fsp3) is 0.500. The SMILES string of the molecule is COCCOCC(=O)Nc1ccc(C2OCCO2)cc1. The lowest BCUT2D eigenvalue weighted by Crippen LogP contribution is -2.19. The first-order valence-electron chi connectivity index (χ1n) is 6.49. The van der Waals surface area contributed by atoms with Gasteiger partial charge in [-0.25, -0.2) is 0 Å². The standard InChI is InChI=1S/C14H19NO5/c1-17-6-7-18-10-13(16)15-12-4-2-11(3-5-12)14-19-8-9-20-14/h2-5,14H,6-10H2,1H3,(H,15,16). The summed E-state index contributed by atoms with van der Waals surface area (Å²) in [6.07, 6.45) is -0.294. The number of methoxy groups -OCH3 is 1. The Morgan fingerprint density at radius 2 is 1.95 bits per heavy atom. The molecule has 6 heteroatoms. The number of amides is 1. The second-order valence-corrected chi connectivity index (χ2v) is 4.29. The third-order valence-corrected chi connectivity index (χ3v) is 2.75. The summed E-state index contributed by atoms with van der Waals surface area (Å²) in [5, 5.41) is 2.75. The monoisotopic (exact) mass is 281 g/mol. The van der Waals surface area contributed by atoms with Crippen LogP contribution in [0.5, 0.6) is 0 Å². The summed E-state index contributed by atoms with van der Waals surface area (Å²) in [5.74, 6) is -0.192. The minimum absolute atomic E-state index is 0.0138. The zero-order chi connectivity index (χ0) is 14.2. The van der Waals surface area contributed by atoms with Crippen LogP contribution in [-0.2, 0) is 23.7 Å². The predicted molar refractivity (Wildman–Crippen MR) is 72.4 cm³/mol. The van der Waals surface area contributed by atoms with Crippen molar-refractivity contribution >= 4 is 11.6 Å². The van der Waals surface area contributed by atoms with Gasteiger partial charge in [-0.15, -0.1) is 0 Å². The lowest BCUT2D eigenvalue weighted by atomic mass is 10.2. The topological polar surface area (TPSA) is 66.0 Å². The van der Waals surface area contributed by atoms with E-state index < -0.39 is 0 Å². The minimum Gasteiger partial charge on any atom is -0.382 e. The van der Waals surface area contributed by atoms with Crippen molar-refractivity contribution in [2.24, 2.45) is 0 Å². The lowest BCUT2D eigenvalue weighted by molar-refractivity contribution is -0.121. The van der Waals surface area contributed by atoms with Crippen molar-refractivity contribution < 1.29 is 23.7 Å². The van der Waals surface area contributed by atoms with Gasteiger partial charge in [-0.05, 0) is 12.1 Å². The van der Waals surface area contributed by atoms with Crippen LogP contribution in [0.3, 0.4) is 0 Å². The molecule has 0 aliphatic carbocycles. The molecule has 0 bridgehead atoms. The summed E-state index contributed by atoms with van der Waals surface area (Å²) in [7, 11) is 1.59. The average Bonchev–Trinajstić information content (AvgIpc) is 2.99. The third-order valence-electron chi connectivity index (χ3n) is 2.75. The lowest BCUT2D eigenvalue weighted by Gasteiger charge is -2.10. The number of hydrogen-bond acceptors (Lipinski definition) is 5. The second kappa shape index (κ2) is 7.96. The summed E-state index contributed by atoms with van der Waals surface area (Å²) < 4.78 is 20.7. The fourth-order valence-corrected chi connectivity index (χ4v) is 1.78. The number of carbonyl (C=O) groups excluding carboxylic acids is 1. The fourth-order valence-electron chi connectivity index (χ4n) is 1.78. The number of nitrogens with one attached hydrogen (secondary N) is 1. The summed E-state index contributed by atoms with van der Waals surface area (Å²) in [4.78, 5) is 11.6. The predicted octanol–water partition coefficient (Wildman–Crippen LogP) is 1.33. The maximum absolute atomic E-state index is 11.6. The van der Waals surface area contributed by atoms with Crippen molar-refractivity contribution in [2.45, 2.75) is 6.29 Å². The van der Waals surface area contributed by atoms with E-state index in [0.717, 1.165) is 5.56 Å². The second-order valence-electron chi connectivity index (χ2n) is 4.29. The molecule has 0 spiro atoms. The van der Waals surface area contributed by atoms with Crippen molar-refractivity contribution in [3.63, 3.8) is 0 Å². The van der Waals surface area contributed by atoms with Crippen molar-refractivity contribution in [1.29, 1.82) is 0 Å². The molecule has 1 fully saturated rings. The van der Waals surface area contributed by atoms with Crippen LogP contribution in [-0.4, -0.2) is 46.1 Å². The highest BCUT2D eigenvalue weighted by Gasteiger charge is 2.17. The molecule has 1 N–H and O–H groups in total. The Bertz CT molecular complexity index is 414. The van der Waals surface area contributed by atoms with Crippen LogP contribution >= 0.6 is 0 Å². The van der Waals surface area contributed by atoms with E-state index in [9.17, 15) is 4.79 Å². The quantitative estimate of drug-likeness (QED) is 0.764.